The molecule has 1 fully saturated rings. The van der Waals surface area contributed by atoms with Crippen LogP contribution >= 0.6 is 0 Å². The summed E-state index contributed by atoms with van der Waals surface area (Å²) in [6.45, 7) is 5.55. The van der Waals surface area contributed by atoms with Crippen LogP contribution in [0.2, 0.25) is 0 Å². The van der Waals surface area contributed by atoms with Gasteiger partial charge in [-0.15, -0.1) is 0 Å². The number of hydrogen-bond donors (Lipinski definition) is 1. The average Bonchev–Trinajstić information content (AvgIpc) is 2.43. The number of carbonyl (C=O) groups excluding carboxylic acids is 2. The second-order valence-corrected chi connectivity index (χ2v) is 6.64. The highest BCUT2D eigenvalue weighted by Gasteiger charge is 2.23. The maximum Gasteiger partial charge on any atom is 0.407 e. The van der Waals surface area contributed by atoms with Crippen LogP contribution in [0.25, 0.3) is 0 Å². The standard InChI is InChI=1S/C16H28N2O4/c1-16(2,3)22-15(20)17-13-9-6-12(7-10-13)8-11-14(19)18(4)21-5/h8,11-13H,6-7,9-10H2,1-5H3,(H,17,20)/b11-8+/t12-,13-. The van der Waals surface area contributed by atoms with E-state index >= 15 is 0 Å². The number of hydrogen-bond acceptors (Lipinski definition) is 4. The number of rotatable bonds is 4. The molecule has 0 aromatic carbocycles. The summed E-state index contributed by atoms with van der Waals surface area (Å²) < 4.78 is 5.26. The zero-order valence-corrected chi connectivity index (χ0v) is 14.2. The fourth-order valence-corrected chi connectivity index (χ4v) is 2.34. The van der Waals surface area contributed by atoms with Crippen molar-refractivity contribution in [1.82, 2.24) is 10.4 Å². The molecule has 1 aliphatic rings. The molecule has 0 heterocycles. The minimum atomic E-state index is -0.474. The third-order valence-electron chi connectivity index (χ3n) is 3.59. The Labute approximate surface area is 132 Å². The SMILES string of the molecule is CON(C)C(=O)/C=C/[C@H]1CC[C@H](NC(=O)OC(C)(C)C)CC1. The average molecular weight is 312 g/mol. The number of hydroxylamine groups is 2. The first-order valence-electron chi connectivity index (χ1n) is 7.71. The van der Waals surface area contributed by atoms with Crippen molar-refractivity contribution in [2.75, 3.05) is 14.2 Å². The van der Waals surface area contributed by atoms with Crippen LogP contribution in [-0.2, 0) is 14.4 Å². The van der Waals surface area contributed by atoms with Gasteiger partial charge in [-0.25, -0.2) is 9.86 Å². The molecule has 6 heteroatoms. The van der Waals surface area contributed by atoms with Crippen molar-refractivity contribution in [2.24, 2.45) is 5.92 Å². The molecule has 2 amide bonds. The summed E-state index contributed by atoms with van der Waals surface area (Å²) in [6.07, 6.45) is 6.80. The highest BCUT2D eigenvalue weighted by molar-refractivity contribution is 5.86. The van der Waals surface area contributed by atoms with Crippen molar-refractivity contribution in [3.63, 3.8) is 0 Å². The van der Waals surface area contributed by atoms with Gasteiger partial charge in [-0.2, -0.15) is 0 Å². The van der Waals surface area contributed by atoms with E-state index in [9.17, 15) is 9.59 Å². The quantitative estimate of drug-likeness (QED) is 0.640. The minimum absolute atomic E-state index is 0.150. The minimum Gasteiger partial charge on any atom is -0.444 e. The van der Waals surface area contributed by atoms with Crippen LogP contribution in [0, 0.1) is 5.92 Å². The molecule has 1 aliphatic carbocycles. The monoisotopic (exact) mass is 312 g/mol. The summed E-state index contributed by atoms with van der Waals surface area (Å²) in [5, 5.41) is 4.09. The van der Waals surface area contributed by atoms with Crippen LogP contribution < -0.4 is 5.32 Å². The molecule has 1 saturated carbocycles. The highest BCUT2D eigenvalue weighted by Crippen LogP contribution is 2.25. The number of nitrogens with zero attached hydrogens (tertiary/aromatic N) is 1. The lowest BCUT2D eigenvalue weighted by atomic mass is 9.86. The van der Waals surface area contributed by atoms with Crippen molar-refractivity contribution in [2.45, 2.75) is 58.1 Å². The van der Waals surface area contributed by atoms with E-state index in [1.54, 1.807) is 13.1 Å². The van der Waals surface area contributed by atoms with Gasteiger partial charge in [0.2, 0.25) is 0 Å². The Balaban J connectivity index is 2.33. The lowest BCUT2D eigenvalue weighted by Crippen LogP contribution is -2.40. The number of ether oxygens (including phenoxy) is 1. The maximum atomic E-state index is 11.7. The second kappa shape index (κ2) is 8.17. The molecule has 6 nitrogen and oxygen atoms in total. The van der Waals surface area contributed by atoms with E-state index in [0.717, 1.165) is 25.7 Å². The van der Waals surface area contributed by atoms with Gasteiger partial charge in [0.15, 0.2) is 0 Å². The van der Waals surface area contributed by atoms with Gasteiger partial charge in [-0.1, -0.05) is 6.08 Å². The highest BCUT2D eigenvalue weighted by atomic mass is 16.7. The van der Waals surface area contributed by atoms with E-state index in [4.69, 9.17) is 9.57 Å². The van der Waals surface area contributed by atoms with E-state index in [0.29, 0.717) is 5.92 Å². The van der Waals surface area contributed by atoms with Crippen LogP contribution in [0.5, 0.6) is 0 Å². The van der Waals surface area contributed by atoms with Gasteiger partial charge < -0.3 is 10.1 Å². The first kappa shape index (κ1) is 18.5. The first-order chi connectivity index (χ1) is 10.2. The Morgan fingerprint density at radius 2 is 1.77 bits per heavy atom. The van der Waals surface area contributed by atoms with Crippen LogP contribution in [-0.4, -0.2) is 42.9 Å². The van der Waals surface area contributed by atoms with Gasteiger partial charge >= 0.3 is 6.09 Å². The Hall–Kier alpha value is -1.56. The zero-order chi connectivity index (χ0) is 16.8. The van der Waals surface area contributed by atoms with Crippen molar-refractivity contribution in [1.29, 1.82) is 0 Å². The third-order valence-corrected chi connectivity index (χ3v) is 3.59. The van der Waals surface area contributed by atoms with Gasteiger partial charge in [0.1, 0.15) is 5.60 Å². The van der Waals surface area contributed by atoms with Crippen molar-refractivity contribution in [3.05, 3.63) is 12.2 Å². The topological polar surface area (TPSA) is 67.9 Å². The van der Waals surface area contributed by atoms with Crippen LogP contribution in [0.15, 0.2) is 12.2 Å². The fourth-order valence-electron chi connectivity index (χ4n) is 2.34. The molecule has 0 aromatic rings. The van der Waals surface area contributed by atoms with Gasteiger partial charge in [0.25, 0.3) is 5.91 Å². The van der Waals surface area contributed by atoms with Crippen LogP contribution in [0.1, 0.15) is 46.5 Å². The van der Waals surface area contributed by atoms with E-state index < -0.39 is 5.60 Å². The molecular weight excluding hydrogens is 284 g/mol. The largest absolute Gasteiger partial charge is 0.444 e. The summed E-state index contributed by atoms with van der Waals surface area (Å²) in [4.78, 5) is 28.1. The maximum absolute atomic E-state index is 11.7. The molecule has 0 aliphatic heterocycles. The molecule has 0 unspecified atom stereocenters. The summed E-state index contributed by atoms with van der Waals surface area (Å²) in [7, 11) is 3.04. The lowest BCUT2D eigenvalue weighted by Gasteiger charge is -2.28. The molecule has 1 rings (SSSR count). The van der Waals surface area contributed by atoms with Gasteiger partial charge in [-0.3, -0.25) is 9.63 Å². The van der Waals surface area contributed by atoms with Gasteiger partial charge in [-0.05, 0) is 52.4 Å². The van der Waals surface area contributed by atoms with Gasteiger partial charge in [0, 0.05) is 19.2 Å². The molecule has 0 radical (unpaired) electrons. The van der Waals surface area contributed by atoms with E-state index in [1.807, 2.05) is 26.8 Å². The van der Waals surface area contributed by atoms with E-state index in [1.165, 1.54) is 12.2 Å². The smallest absolute Gasteiger partial charge is 0.407 e. The number of likely N-dealkylation sites (N-methyl/N-ethyl adjacent to an activating group) is 1. The summed E-state index contributed by atoms with van der Waals surface area (Å²) in [5.41, 5.74) is -0.474. The number of carbonyl (C=O) groups is 2. The molecule has 0 saturated heterocycles. The van der Waals surface area contributed by atoms with Crippen LogP contribution in [0.4, 0.5) is 4.79 Å². The molecule has 0 aromatic heterocycles. The van der Waals surface area contributed by atoms with Crippen molar-refractivity contribution >= 4 is 12.0 Å². The number of alkyl carbamates (subject to hydrolysis) is 1. The Bertz CT molecular complexity index is 407. The number of allylic oxidation sites excluding steroid dienone is 1. The second-order valence-electron chi connectivity index (χ2n) is 6.64. The molecule has 0 atom stereocenters. The molecular formula is C16H28N2O4. The molecule has 22 heavy (non-hydrogen) atoms. The van der Waals surface area contributed by atoms with E-state index in [-0.39, 0.29) is 18.0 Å². The predicted octanol–water partition coefficient (Wildman–Crippen LogP) is 2.65. The molecule has 0 spiro atoms. The molecule has 0 bridgehead atoms. The summed E-state index contributed by atoms with van der Waals surface area (Å²) in [5.74, 6) is 0.197. The van der Waals surface area contributed by atoms with Crippen molar-refractivity contribution < 1.29 is 19.2 Å². The number of amides is 2. The molecule has 1 N–H and O–H groups in total. The van der Waals surface area contributed by atoms with E-state index in [2.05, 4.69) is 5.32 Å². The van der Waals surface area contributed by atoms with Gasteiger partial charge in [0.05, 0.1) is 7.11 Å². The Morgan fingerprint density at radius 3 is 2.27 bits per heavy atom. The summed E-state index contributed by atoms with van der Waals surface area (Å²) in [6, 6.07) is 0.150. The zero-order valence-electron chi connectivity index (χ0n) is 14.2. The predicted molar refractivity (Wildman–Crippen MR) is 84.0 cm³/mol. The fraction of sp³-hybridized carbons (Fsp3) is 0.750. The summed E-state index contributed by atoms with van der Waals surface area (Å²) >= 11 is 0. The first-order valence-corrected chi connectivity index (χ1v) is 7.71. The van der Waals surface area contributed by atoms with Crippen molar-refractivity contribution in [3.8, 4) is 0 Å². The Morgan fingerprint density at radius 1 is 1.18 bits per heavy atom. The normalized spacial score (nSPS) is 22.4. The number of nitrogens with one attached hydrogen (secondary N) is 1. The third kappa shape index (κ3) is 6.93. The van der Waals surface area contributed by atoms with Crippen LogP contribution in [0.3, 0.4) is 0 Å². The lowest BCUT2D eigenvalue weighted by molar-refractivity contribution is -0.162. The Kier molecular flexibility index (Phi) is 6.87. The molecule has 126 valence electrons.